The van der Waals surface area contributed by atoms with Gasteiger partial charge in [-0.05, 0) is 68.6 Å². The van der Waals surface area contributed by atoms with E-state index in [-0.39, 0.29) is 0 Å². The molecule has 0 saturated carbocycles. The van der Waals surface area contributed by atoms with Crippen LogP contribution in [0.3, 0.4) is 0 Å². The van der Waals surface area contributed by atoms with Crippen molar-refractivity contribution in [2.24, 2.45) is 0 Å². The Morgan fingerprint density at radius 2 is 2.03 bits per heavy atom. The second kappa shape index (κ2) is 9.54. The molecule has 0 N–H and O–H groups in total. The summed E-state index contributed by atoms with van der Waals surface area (Å²) < 4.78 is 2.01. The summed E-state index contributed by atoms with van der Waals surface area (Å²) >= 11 is 0. The number of hydrogen-bond donors (Lipinski definition) is 0. The van der Waals surface area contributed by atoms with E-state index in [1.165, 1.54) is 47.3 Å². The van der Waals surface area contributed by atoms with E-state index in [2.05, 4.69) is 58.9 Å². The molecule has 0 amide bonds. The molecule has 4 rings (SSSR count). The monoisotopic (exact) mass is 403 g/mol. The average molecular weight is 404 g/mol. The van der Waals surface area contributed by atoms with Gasteiger partial charge in [0.1, 0.15) is 0 Å². The van der Waals surface area contributed by atoms with E-state index >= 15 is 0 Å². The average Bonchev–Trinajstić information content (AvgIpc) is 3.40. The molecule has 0 aliphatic carbocycles. The lowest BCUT2D eigenvalue weighted by molar-refractivity contribution is 0.166. The SMILES string of the molecule is CCN1CCCC1CN(Cc1cccnc1)Cc1cc(C)cc(C)c1-n1cccn1. The Morgan fingerprint density at radius 3 is 2.77 bits per heavy atom. The molecule has 30 heavy (non-hydrogen) atoms. The molecule has 1 atom stereocenters. The maximum Gasteiger partial charge on any atom is 0.0719 e. The predicted molar refractivity (Wildman–Crippen MR) is 122 cm³/mol. The number of pyridine rings is 1. The van der Waals surface area contributed by atoms with Crippen LogP contribution >= 0.6 is 0 Å². The molecule has 0 radical (unpaired) electrons. The van der Waals surface area contributed by atoms with Crippen molar-refractivity contribution in [2.45, 2.75) is 52.7 Å². The number of hydrogen-bond acceptors (Lipinski definition) is 4. The quantitative estimate of drug-likeness (QED) is 0.560. The first-order valence-electron chi connectivity index (χ1n) is 11.1. The molecule has 2 aromatic heterocycles. The Kier molecular flexibility index (Phi) is 6.60. The standard InChI is InChI=1S/C25H33N5/c1-4-29-12-6-9-24(29)19-28(17-22-8-5-10-26-16-22)18-23-15-20(2)14-21(3)25(23)30-13-7-11-27-30/h5,7-8,10-11,13-16,24H,4,6,9,12,17-19H2,1-3H3. The van der Waals surface area contributed by atoms with Crippen LogP contribution in [0.2, 0.25) is 0 Å². The van der Waals surface area contributed by atoms with Gasteiger partial charge in [-0.15, -0.1) is 0 Å². The van der Waals surface area contributed by atoms with Crippen molar-refractivity contribution >= 4 is 0 Å². The number of aryl methyl sites for hydroxylation is 2. The highest BCUT2D eigenvalue weighted by molar-refractivity contribution is 5.49. The predicted octanol–water partition coefficient (Wildman–Crippen LogP) is 4.37. The van der Waals surface area contributed by atoms with Crippen LogP contribution in [0.5, 0.6) is 0 Å². The van der Waals surface area contributed by atoms with Gasteiger partial charge in [-0.3, -0.25) is 14.8 Å². The molecule has 3 heterocycles. The molecule has 1 aliphatic rings. The van der Waals surface area contributed by atoms with E-state index in [4.69, 9.17) is 0 Å². The summed E-state index contributed by atoms with van der Waals surface area (Å²) in [7, 11) is 0. The lowest BCUT2D eigenvalue weighted by atomic mass is 10.0. The summed E-state index contributed by atoms with van der Waals surface area (Å²) in [6.07, 6.45) is 10.3. The number of aromatic nitrogens is 3. The van der Waals surface area contributed by atoms with Crippen molar-refractivity contribution in [3.63, 3.8) is 0 Å². The summed E-state index contributed by atoms with van der Waals surface area (Å²) in [4.78, 5) is 9.57. The lowest BCUT2D eigenvalue weighted by Crippen LogP contribution is -2.40. The number of likely N-dealkylation sites (tertiary alicyclic amines) is 1. The third-order valence-corrected chi connectivity index (χ3v) is 6.15. The summed E-state index contributed by atoms with van der Waals surface area (Å²) in [5, 5.41) is 4.54. The maximum atomic E-state index is 4.54. The summed E-state index contributed by atoms with van der Waals surface area (Å²) in [6.45, 7) is 11.9. The Hall–Kier alpha value is -2.50. The van der Waals surface area contributed by atoms with Crippen molar-refractivity contribution in [3.05, 3.63) is 77.4 Å². The molecule has 3 aromatic rings. The van der Waals surface area contributed by atoms with E-state index in [9.17, 15) is 0 Å². The fourth-order valence-corrected chi connectivity index (χ4v) is 4.89. The fourth-order valence-electron chi connectivity index (χ4n) is 4.89. The fraction of sp³-hybridized carbons (Fsp3) is 0.440. The molecule has 5 nitrogen and oxygen atoms in total. The molecule has 5 heteroatoms. The van der Waals surface area contributed by atoms with Crippen molar-refractivity contribution in [1.29, 1.82) is 0 Å². The van der Waals surface area contributed by atoms with Crippen LogP contribution in [0, 0.1) is 13.8 Å². The highest BCUT2D eigenvalue weighted by atomic mass is 15.3. The van der Waals surface area contributed by atoms with Crippen LogP contribution in [0.15, 0.2) is 55.1 Å². The molecule has 0 spiro atoms. The molecule has 158 valence electrons. The van der Waals surface area contributed by atoms with Crippen molar-refractivity contribution in [1.82, 2.24) is 24.6 Å². The number of nitrogens with zero attached hydrogens (tertiary/aromatic N) is 5. The van der Waals surface area contributed by atoms with Crippen LogP contribution in [0.1, 0.15) is 42.0 Å². The Morgan fingerprint density at radius 1 is 1.13 bits per heavy atom. The first-order chi connectivity index (χ1) is 14.6. The zero-order chi connectivity index (χ0) is 20.9. The minimum absolute atomic E-state index is 0.630. The Balaban J connectivity index is 1.64. The van der Waals surface area contributed by atoms with Gasteiger partial charge in [0.25, 0.3) is 0 Å². The van der Waals surface area contributed by atoms with Crippen LogP contribution in [0.25, 0.3) is 5.69 Å². The molecule has 1 fully saturated rings. The van der Waals surface area contributed by atoms with E-state index in [0.29, 0.717) is 6.04 Å². The topological polar surface area (TPSA) is 37.2 Å². The summed E-state index contributed by atoms with van der Waals surface area (Å²) in [5.41, 5.74) is 6.38. The lowest BCUT2D eigenvalue weighted by Gasteiger charge is -2.31. The second-order valence-electron chi connectivity index (χ2n) is 8.50. The van der Waals surface area contributed by atoms with Gasteiger partial charge < -0.3 is 0 Å². The van der Waals surface area contributed by atoms with Crippen molar-refractivity contribution < 1.29 is 0 Å². The van der Waals surface area contributed by atoms with Gasteiger partial charge in [0, 0.05) is 50.5 Å². The third-order valence-electron chi connectivity index (χ3n) is 6.15. The normalized spacial score (nSPS) is 17.1. The van der Waals surface area contributed by atoms with Gasteiger partial charge in [-0.25, -0.2) is 4.68 Å². The van der Waals surface area contributed by atoms with Crippen molar-refractivity contribution in [3.8, 4) is 5.69 Å². The molecule has 1 saturated heterocycles. The van der Waals surface area contributed by atoms with Crippen LogP contribution < -0.4 is 0 Å². The van der Waals surface area contributed by atoms with Crippen molar-refractivity contribution in [2.75, 3.05) is 19.6 Å². The Labute approximate surface area is 180 Å². The van der Waals surface area contributed by atoms with Gasteiger partial charge in [-0.1, -0.05) is 30.7 Å². The minimum atomic E-state index is 0.630. The van der Waals surface area contributed by atoms with E-state index < -0.39 is 0 Å². The van der Waals surface area contributed by atoms with E-state index in [1.807, 2.05) is 41.6 Å². The number of rotatable bonds is 8. The first-order valence-corrected chi connectivity index (χ1v) is 11.1. The molecule has 1 unspecified atom stereocenters. The minimum Gasteiger partial charge on any atom is -0.299 e. The van der Waals surface area contributed by atoms with E-state index in [1.54, 1.807) is 0 Å². The highest BCUT2D eigenvalue weighted by Gasteiger charge is 2.26. The summed E-state index contributed by atoms with van der Waals surface area (Å²) in [6, 6.07) is 11.4. The smallest absolute Gasteiger partial charge is 0.0719 e. The van der Waals surface area contributed by atoms with Crippen LogP contribution in [-0.4, -0.2) is 50.2 Å². The highest BCUT2D eigenvalue weighted by Crippen LogP contribution is 2.25. The molecule has 1 aromatic carbocycles. The molecular formula is C25H33N5. The zero-order valence-electron chi connectivity index (χ0n) is 18.5. The number of likely N-dealkylation sites (N-methyl/N-ethyl adjacent to an activating group) is 1. The van der Waals surface area contributed by atoms with Gasteiger partial charge >= 0.3 is 0 Å². The van der Waals surface area contributed by atoms with E-state index in [0.717, 1.165) is 26.2 Å². The summed E-state index contributed by atoms with van der Waals surface area (Å²) in [5.74, 6) is 0. The van der Waals surface area contributed by atoms with Gasteiger partial charge in [-0.2, -0.15) is 5.10 Å². The Bertz CT molecular complexity index is 936. The largest absolute Gasteiger partial charge is 0.299 e. The van der Waals surface area contributed by atoms with Crippen LogP contribution in [0.4, 0.5) is 0 Å². The molecular weight excluding hydrogens is 370 g/mol. The number of benzene rings is 1. The first kappa shape index (κ1) is 20.8. The van der Waals surface area contributed by atoms with Gasteiger partial charge in [0.2, 0.25) is 0 Å². The van der Waals surface area contributed by atoms with Gasteiger partial charge in [0.15, 0.2) is 0 Å². The van der Waals surface area contributed by atoms with Gasteiger partial charge in [0.05, 0.1) is 5.69 Å². The maximum absolute atomic E-state index is 4.54. The molecule has 1 aliphatic heterocycles. The second-order valence-corrected chi connectivity index (χ2v) is 8.50. The van der Waals surface area contributed by atoms with Crippen LogP contribution in [-0.2, 0) is 13.1 Å². The molecule has 0 bridgehead atoms. The third kappa shape index (κ3) is 4.79. The zero-order valence-corrected chi connectivity index (χ0v) is 18.5.